The molecule has 1 N–H and O–H groups in total. The molecule has 0 aliphatic carbocycles. The highest BCUT2D eigenvalue weighted by Crippen LogP contribution is 2.25. The van der Waals surface area contributed by atoms with Crippen molar-refractivity contribution in [2.24, 2.45) is 0 Å². The third-order valence-electron chi connectivity index (χ3n) is 3.19. The molecule has 0 bridgehead atoms. The topological polar surface area (TPSA) is 37.8 Å². The molecule has 1 atom stereocenters. The lowest BCUT2D eigenvalue weighted by Crippen LogP contribution is -2.23. The fourth-order valence-electron chi connectivity index (χ4n) is 2.21. The van der Waals surface area contributed by atoms with Gasteiger partial charge in [-0.2, -0.15) is 0 Å². The maximum Gasteiger partial charge on any atom is 0.0891 e. The molecule has 1 unspecified atom stereocenters. The number of aromatic nitrogens is 2. The Bertz CT molecular complexity index is 679. The van der Waals surface area contributed by atoms with E-state index in [2.05, 4.69) is 34.7 Å². The number of rotatable bonds is 5. The molecule has 0 spiro atoms. The van der Waals surface area contributed by atoms with Crippen molar-refractivity contribution in [2.75, 3.05) is 6.54 Å². The van der Waals surface area contributed by atoms with Crippen LogP contribution < -0.4 is 5.32 Å². The van der Waals surface area contributed by atoms with E-state index in [1.807, 2.05) is 30.5 Å². The summed E-state index contributed by atoms with van der Waals surface area (Å²) in [5, 5.41) is 5.66. The van der Waals surface area contributed by atoms with Crippen LogP contribution in [0.5, 0.6) is 0 Å². The second kappa shape index (κ2) is 6.11. The van der Waals surface area contributed by atoms with E-state index in [-0.39, 0.29) is 6.04 Å². The number of nitrogens with one attached hydrogen (secondary N) is 1. The SMILES string of the molecule is CCCNC(c1cnc2ccccc2n1)c1cccs1. The Morgan fingerprint density at radius 3 is 2.75 bits per heavy atom. The monoisotopic (exact) mass is 283 g/mol. The van der Waals surface area contributed by atoms with E-state index in [0.717, 1.165) is 29.7 Å². The first-order chi connectivity index (χ1) is 9.88. The van der Waals surface area contributed by atoms with E-state index in [1.165, 1.54) is 4.88 Å². The molecule has 0 aliphatic heterocycles. The predicted molar refractivity (Wildman–Crippen MR) is 84.0 cm³/mol. The summed E-state index contributed by atoms with van der Waals surface area (Å²) >= 11 is 1.75. The number of thiophene rings is 1. The Morgan fingerprint density at radius 1 is 1.15 bits per heavy atom. The zero-order chi connectivity index (χ0) is 13.8. The minimum absolute atomic E-state index is 0.132. The van der Waals surface area contributed by atoms with Crippen molar-refractivity contribution in [3.8, 4) is 0 Å². The minimum Gasteiger partial charge on any atom is -0.304 e. The molecule has 0 fully saturated rings. The van der Waals surface area contributed by atoms with E-state index < -0.39 is 0 Å². The summed E-state index contributed by atoms with van der Waals surface area (Å²) in [5.74, 6) is 0. The molecular formula is C16H17N3S. The summed E-state index contributed by atoms with van der Waals surface area (Å²) in [5.41, 5.74) is 2.88. The minimum atomic E-state index is 0.132. The average molecular weight is 283 g/mol. The fourth-order valence-corrected chi connectivity index (χ4v) is 3.02. The van der Waals surface area contributed by atoms with E-state index in [0.29, 0.717) is 0 Å². The predicted octanol–water partition coefficient (Wildman–Crippen LogP) is 3.78. The maximum atomic E-state index is 4.77. The van der Waals surface area contributed by atoms with Gasteiger partial charge in [0.2, 0.25) is 0 Å². The van der Waals surface area contributed by atoms with Crippen LogP contribution in [0.4, 0.5) is 0 Å². The average Bonchev–Trinajstić information content (AvgIpc) is 3.02. The Kier molecular flexibility index (Phi) is 4.04. The molecule has 4 heteroatoms. The summed E-state index contributed by atoms with van der Waals surface area (Å²) in [6.45, 7) is 3.14. The molecule has 102 valence electrons. The Balaban J connectivity index is 1.99. The molecule has 3 nitrogen and oxygen atoms in total. The van der Waals surface area contributed by atoms with Crippen LogP contribution in [0.1, 0.15) is 30.0 Å². The Morgan fingerprint density at radius 2 is 2.00 bits per heavy atom. The van der Waals surface area contributed by atoms with Gasteiger partial charge in [-0.05, 0) is 36.5 Å². The second-order valence-electron chi connectivity index (χ2n) is 4.69. The molecule has 0 radical (unpaired) electrons. The van der Waals surface area contributed by atoms with Crippen LogP contribution in [0.25, 0.3) is 11.0 Å². The molecule has 2 heterocycles. The summed E-state index contributed by atoms with van der Waals surface area (Å²) in [6, 6.07) is 12.3. The van der Waals surface area contributed by atoms with Crippen molar-refractivity contribution in [3.63, 3.8) is 0 Å². The third kappa shape index (κ3) is 2.71. The van der Waals surface area contributed by atoms with Crippen LogP contribution in [0, 0.1) is 0 Å². The lowest BCUT2D eigenvalue weighted by molar-refractivity contribution is 0.593. The smallest absolute Gasteiger partial charge is 0.0891 e. The first-order valence-electron chi connectivity index (χ1n) is 6.87. The summed E-state index contributed by atoms with van der Waals surface area (Å²) in [7, 11) is 0. The number of para-hydroxylation sites is 2. The molecular weight excluding hydrogens is 266 g/mol. The molecule has 20 heavy (non-hydrogen) atoms. The lowest BCUT2D eigenvalue weighted by atomic mass is 10.1. The van der Waals surface area contributed by atoms with E-state index in [1.54, 1.807) is 11.3 Å². The molecule has 3 rings (SSSR count). The third-order valence-corrected chi connectivity index (χ3v) is 4.13. The summed E-state index contributed by atoms with van der Waals surface area (Å²) in [6.07, 6.45) is 2.98. The highest BCUT2D eigenvalue weighted by atomic mass is 32.1. The van der Waals surface area contributed by atoms with E-state index in [4.69, 9.17) is 4.98 Å². The standard InChI is InChI=1S/C16H17N3S/c1-2-9-17-16(15-8-5-10-20-15)14-11-18-12-6-3-4-7-13(12)19-14/h3-8,10-11,16-17H,2,9H2,1H3. The van der Waals surface area contributed by atoms with E-state index >= 15 is 0 Å². The van der Waals surface area contributed by atoms with Crippen LogP contribution in [-0.2, 0) is 0 Å². The van der Waals surface area contributed by atoms with E-state index in [9.17, 15) is 0 Å². The van der Waals surface area contributed by atoms with Gasteiger partial charge in [0.15, 0.2) is 0 Å². The highest BCUT2D eigenvalue weighted by Gasteiger charge is 2.16. The molecule has 2 aromatic heterocycles. The maximum absolute atomic E-state index is 4.77. The van der Waals surface area contributed by atoms with Crippen molar-refractivity contribution in [1.29, 1.82) is 0 Å². The van der Waals surface area contributed by atoms with Gasteiger partial charge in [-0.1, -0.05) is 25.1 Å². The Hall–Kier alpha value is -1.78. The van der Waals surface area contributed by atoms with Crippen molar-refractivity contribution < 1.29 is 0 Å². The van der Waals surface area contributed by atoms with Gasteiger partial charge in [0.05, 0.1) is 29.0 Å². The van der Waals surface area contributed by atoms with Gasteiger partial charge in [0, 0.05) is 4.88 Å². The second-order valence-corrected chi connectivity index (χ2v) is 5.67. The number of hydrogen-bond acceptors (Lipinski definition) is 4. The molecule has 3 aromatic rings. The largest absolute Gasteiger partial charge is 0.304 e. The van der Waals surface area contributed by atoms with Gasteiger partial charge >= 0.3 is 0 Å². The molecule has 0 aliphatic rings. The molecule has 0 amide bonds. The first-order valence-corrected chi connectivity index (χ1v) is 7.75. The van der Waals surface area contributed by atoms with Gasteiger partial charge in [-0.15, -0.1) is 11.3 Å². The van der Waals surface area contributed by atoms with Gasteiger partial charge in [-0.25, -0.2) is 4.98 Å². The number of nitrogens with zero attached hydrogens (tertiary/aromatic N) is 2. The van der Waals surface area contributed by atoms with Crippen LogP contribution in [0.2, 0.25) is 0 Å². The fraction of sp³-hybridized carbons (Fsp3) is 0.250. The number of fused-ring (bicyclic) bond motifs is 1. The van der Waals surface area contributed by atoms with Crippen molar-refractivity contribution in [2.45, 2.75) is 19.4 Å². The Labute approximate surface area is 122 Å². The van der Waals surface area contributed by atoms with Crippen molar-refractivity contribution in [1.82, 2.24) is 15.3 Å². The van der Waals surface area contributed by atoms with Gasteiger partial charge in [0.1, 0.15) is 0 Å². The van der Waals surface area contributed by atoms with Gasteiger partial charge in [0.25, 0.3) is 0 Å². The number of hydrogen-bond donors (Lipinski definition) is 1. The number of benzene rings is 1. The normalized spacial score (nSPS) is 12.7. The first kappa shape index (κ1) is 13.2. The zero-order valence-corrected chi connectivity index (χ0v) is 12.2. The zero-order valence-electron chi connectivity index (χ0n) is 11.4. The lowest BCUT2D eigenvalue weighted by Gasteiger charge is -2.16. The summed E-state index contributed by atoms with van der Waals surface area (Å²) in [4.78, 5) is 10.6. The van der Waals surface area contributed by atoms with Crippen LogP contribution >= 0.6 is 11.3 Å². The summed E-state index contributed by atoms with van der Waals surface area (Å²) < 4.78 is 0. The van der Waals surface area contributed by atoms with Crippen LogP contribution in [0.3, 0.4) is 0 Å². The van der Waals surface area contributed by atoms with Crippen molar-refractivity contribution >= 4 is 22.4 Å². The van der Waals surface area contributed by atoms with Crippen LogP contribution in [-0.4, -0.2) is 16.5 Å². The van der Waals surface area contributed by atoms with Gasteiger partial charge in [-0.3, -0.25) is 4.98 Å². The molecule has 0 saturated carbocycles. The van der Waals surface area contributed by atoms with Crippen molar-refractivity contribution in [3.05, 3.63) is 58.5 Å². The molecule has 1 aromatic carbocycles. The quantitative estimate of drug-likeness (QED) is 0.774. The molecule has 0 saturated heterocycles. The van der Waals surface area contributed by atoms with Crippen LogP contribution in [0.15, 0.2) is 48.0 Å². The van der Waals surface area contributed by atoms with Gasteiger partial charge < -0.3 is 5.32 Å². The highest BCUT2D eigenvalue weighted by molar-refractivity contribution is 7.10.